The van der Waals surface area contributed by atoms with Crippen LogP contribution in [0.2, 0.25) is 20.1 Å². The first-order valence-corrected chi connectivity index (χ1v) is 7.23. The van der Waals surface area contributed by atoms with E-state index in [2.05, 4.69) is 5.32 Å². The minimum absolute atomic E-state index is 0.467. The second-order valence-electron chi connectivity index (χ2n) is 4.07. The molecule has 0 aliphatic carbocycles. The van der Waals surface area contributed by atoms with Crippen molar-refractivity contribution in [1.29, 1.82) is 0 Å². The van der Waals surface area contributed by atoms with Crippen molar-refractivity contribution < 1.29 is 4.74 Å². The molecular weight excluding hydrogens is 340 g/mol. The number of hydrogen-bond acceptors (Lipinski definition) is 2. The van der Waals surface area contributed by atoms with E-state index in [0.717, 1.165) is 11.3 Å². The van der Waals surface area contributed by atoms with Gasteiger partial charge in [0.15, 0.2) is 5.75 Å². The van der Waals surface area contributed by atoms with Crippen LogP contribution < -0.4 is 10.1 Å². The van der Waals surface area contributed by atoms with Crippen molar-refractivity contribution >= 4 is 52.1 Å². The van der Waals surface area contributed by atoms with Gasteiger partial charge in [0, 0.05) is 11.6 Å². The molecule has 0 saturated heterocycles. The molecule has 2 rings (SSSR count). The normalized spacial score (nSPS) is 10.4. The molecule has 20 heavy (non-hydrogen) atoms. The fraction of sp³-hybridized carbons (Fsp3) is 0.143. The van der Waals surface area contributed by atoms with Gasteiger partial charge in [0.1, 0.15) is 0 Å². The number of hydrogen-bond donors (Lipinski definition) is 1. The van der Waals surface area contributed by atoms with E-state index >= 15 is 0 Å². The van der Waals surface area contributed by atoms with Crippen LogP contribution in [-0.2, 0) is 6.54 Å². The lowest BCUT2D eigenvalue weighted by Gasteiger charge is -2.11. The summed E-state index contributed by atoms with van der Waals surface area (Å²) in [6, 6.07) is 8.81. The largest absolute Gasteiger partial charge is 0.494 e. The van der Waals surface area contributed by atoms with Gasteiger partial charge in [-0.25, -0.2) is 0 Å². The molecule has 0 amide bonds. The molecule has 106 valence electrons. The molecular formula is C14H11Cl4NO. The zero-order chi connectivity index (χ0) is 14.7. The zero-order valence-corrected chi connectivity index (χ0v) is 13.5. The van der Waals surface area contributed by atoms with Crippen molar-refractivity contribution in [1.82, 2.24) is 0 Å². The van der Waals surface area contributed by atoms with Crippen LogP contribution in [0.25, 0.3) is 0 Å². The number of halogens is 4. The smallest absolute Gasteiger partial charge is 0.156 e. The highest BCUT2D eigenvalue weighted by Gasteiger charge is 2.09. The average molecular weight is 351 g/mol. The second-order valence-corrected chi connectivity index (χ2v) is 5.73. The molecule has 6 heteroatoms. The van der Waals surface area contributed by atoms with E-state index < -0.39 is 0 Å². The van der Waals surface area contributed by atoms with Gasteiger partial charge in [-0.3, -0.25) is 0 Å². The minimum Gasteiger partial charge on any atom is -0.494 e. The molecule has 0 aromatic heterocycles. The van der Waals surface area contributed by atoms with Crippen molar-refractivity contribution in [2.45, 2.75) is 6.54 Å². The Morgan fingerprint density at radius 3 is 2.20 bits per heavy atom. The number of benzene rings is 2. The van der Waals surface area contributed by atoms with Crippen LogP contribution >= 0.6 is 46.4 Å². The quantitative estimate of drug-likeness (QED) is 0.738. The van der Waals surface area contributed by atoms with Gasteiger partial charge < -0.3 is 10.1 Å². The van der Waals surface area contributed by atoms with E-state index in [-0.39, 0.29) is 0 Å². The molecule has 0 fully saturated rings. The molecule has 0 bridgehead atoms. The third-order valence-electron chi connectivity index (χ3n) is 2.67. The third kappa shape index (κ3) is 3.64. The summed E-state index contributed by atoms with van der Waals surface area (Å²) < 4.78 is 5.11. The average Bonchev–Trinajstić information content (AvgIpc) is 2.39. The highest BCUT2D eigenvalue weighted by molar-refractivity contribution is 6.37. The van der Waals surface area contributed by atoms with Crippen molar-refractivity contribution in [2.75, 3.05) is 12.4 Å². The Balaban J connectivity index is 2.17. The van der Waals surface area contributed by atoms with E-state index in [4.69, 9.17) is 51.1 Å². The first kappa shape index (κ1) is 15.6. The molecule has 2 aromatic carbocycles. The number of anilines is 1. The van der Waals surface area contributed by atoms with E-state index in [1.165, 1.54) is 7.11 Å². The molecule has 0 heterocycles. The predicted octanol–water partition coefficient (Wildman–Crippen LogP) is 5.92. The van der Waals surface area contributed by atoms with Gasteiger partial charge in [0.05, 0.1) is 27.9 Å². The summed E-state index contributed by atoms with van der Waals surface area (Å²) in [6.45, 7) is 0.517. The highest BCUT2D eigenvalue weighted by atomic mass is 35.5. The van der Waals surface area contributed by atoms with Gasteiger partial charge in [-0.15, -0.1) is 0 Å². The van der Waals surface area contributed by atoms with Crippen LogP contribution in [0, 0.1) is 0 Å². The van der Waals surface area contributed by atoms with Crippen LogP contribution in [0.4, 0.5) is 5.69 Å². The number of nitrogens with one attached hydrogen (secondary N) is 1. The van der Waals surface area contributed by atoms with Gasteiger partial charge in [0.2, 0.25) is 0 Å². The maximum absolute atomic E-state index is 6.09. The summed E-state index contributed by atoms with van der Waals surface area (Å²) in [4.78, 5) is 0. The summed E-state index contributed by atoms with van der Waals surface area (Å²) in [5, 5.41) is 5.33. The highest BCUT2D eigenvalue weighted by Crippen LogP contribution is 2.34. The number of ether oxygens (including phenoxy) is 1. The molecule has 0 spiro atoms. The zero-order valence-electron chi connectivity index (χ0n) is 10.5. The SMILES string of the molecule is COc1c(Cl)cc(CNc2cc(Cl)ccc2Cl)cc1Cl. The van der Waals surface area contributed by atoms with Gasteiger partial charge >= 0.3 is 0 Å². The molecule has 0 aliphatic heterocycles. The number of rotatable bonds is 4. The van der Waals surface area contributed by atoms with Crippen LogP contribution in [0.5, 0.6) is 5.75 Å². The summed E-state index contributed by atoms with van der Waals surface area (Å²) >= 11 is 24.2. The Bertz CT molecular complexity index is 608. The Morgan fingerprint density at radius 2 is 1.60 bits per heavy atom. The Kier molecular flexibility index (Phi) is 5.28. The van der Waals surface area contributed by atoms with Crippen LogP contribution in [0.15, 0.2) is 30.3 Å². The van der Waals surface area contributed by atoms with Crippen molar-refractivity contribution in [2.24, 2.45) is 0 Å². The molecule has 2 aromatic rings. The van der Waals surface area contributed by atoms with Crippen molar-refractivity contribution in [3.8, 4) is 5.75 Å². The fourth-order valence-electron chi connectivity index (χ4n) is 1.74. The monoisotopic (exact) mass is 349 g/mol. The Hall–Kier alpha value is -0.800. The summed E-state index contributed by atoms with van der Waals surface area (Å²) in [5.74, 6) is 0.470. The summed E-state index contributed by atoms with van der Waals surface area (Å²) in [5.41, 5.74) is 1.67. The maximum Gasteiger partial charge on any atom is 0.156 e. The molecule has 1 N–H and O–H groups in total. The predicted molar refractivity (Wildman–Crippen MR) is 86.8 cm³/mol. The van der Waals surface area contributed by atoms with E-state index in [1.807, 2.05) is 0 Å². The lowest BCUT2D eigenvalue weighted by Crippen LogP contribution is -2.00. The van der Waals surface area contributed by atoms with E-state index in [1.54, 1.807) is 30.3 Å². The molecule has 0 unspecified atom stereocenters. The van der Waals surface area contributed by atoms with Gasteiger partial charge in [-0.1, -0.05) is 46.4 Å². The van der Waals surface area contributed by atoms with Crippen LogP contribution in [0.1, 0.15) is 5.56 Å². The van der Waals surface area contributed by atoms with Crippen molar-refractivity contribution in [3.63, 3.8) is 0 Å². The van der Waals surface area contributed by atoms with E-state index in [9.17, 15) is 0 Å². The summed E-state index contributed by atoms with van der Waals surface area (Å²) in [7, 11) is 1.52. The van der Waals surface area contributed by atoms with Gasteiger partial charge in [-0.05, 0) is 35.9 Å². The molecule has 0 radical (unpaired) electrons. The van der Waals surface area contributed by atoms with Gasteiger partial charge in [-0.2, -0.15) is 0 Å². The molecule has 0 atom stereocenters. The second kappa shape index (κ2) is 6.77. The molecule has 0 saturated carbocycles. The summed E-state index contributed by atoms with van der Waals surface area (Å²) in [6.07, 6.45) is 0. The van der Waals surface area contributed by atoms with Crippen LogP contribution in [-0.4, -0.2) is 7.11 Å². The lowest BCUT2D eigenvalue weighted by atomic mass is 10.2. The minimum atomic E-state index is 0.467. The maximum atomic E-state index is 6.09. The Morgan fingerprint density at radius 1 is 0.950 bits per heavy atom. The first-order valence-electron chi connectivity index (χ1n) is 5.72. The van der Waals surface area contributed by atoms with Crippen molar-refractivity contribution in [3.05, 3.63) is 56.0 Å². The van der Waals surface area contributed by atoms with Crippen LogP contribution in [0.3, 0.4) is 0 Å². The first-order chi connectivity index (χ1) is 9.51. The standard InChI is InChI=1S/C14H11Cl4NO/c1-20-14-11(17)4-8(5-12(14)18)7-19-13-6-9(15)2-3-10(13)16/h2-6,19H,7H2,1H3. The lowest BCUT2D eigenvalue weighted by molar-refractivity contribution is 0.415. The fourth-order valence-corrected chi connectivity index (χ4v) is 2.78. The number of methoxy groups -OCH3 is 1. The van der Waals surface area contributed by atoms with E-state index in [0.29, 0.717) is 32.4 Å². The van der Waals surface area contributed by atoms with Gasteiger partial charge in [0.25, 0.3) is 0 Å². The topological polar surface area (TPSA) is 21.3 Å². The third-order valence-corrected chi connectivity index (χ3v) is 3.80. The Labute approximate surface area is 137 Å². The molecule has 0 aliphatic rings. The molecule has 2 nitrogen and oxygen atoms in total.